The summed E-state index contributed by atoms with van der Waals surface area (Å²) in [6.07, 6.45) is 0. The zero-order valence-electron chi connectivity index (χ0n) is 12.8. The van der Waals surface area contributed by atoms with Gasteiger partial charge in [-0.1, -0.05) is 17.7 Å². The van der Waals surface area contributed by atoms with Crippen LogP contribution >= 0.6 is 11.6 Å². The third kappa shape index (κ3) is 4.96. The van der Waals surface area contributed by atoms with E-state index in [-0.39, 0.29) is 23.9 Å². The van der Waals surface area contributed by atoms with Gasteiger partial charge in [-0.15, -0.1) is 0 Å². The van der Waals surface area contributed by atoms with Crippen LogP contribution in [0.15, 0.2) is 42.5 Å². The number of carbonyl (C=O) groups is 2. The largest absolute Gasteiger partial charge is 0.484 e. The average molecular weight is 352 g/mol. The van der Waals surface area contributed by atoms with Gasteiger partial charge in [0.25, 0.3) is 5.91 Å². The Balaban J connectivity index is 1.94. The molecule has 5 nitrogen and oxygen atoms in total. The maximum absolute atomic E-state index is 13.6. The molecule has 0 unspecified atom stereocenters. The zero-order valence-corrected chi connectivity index (χ0v) is 13.6. The first-order valence-electron chi connectivity index (χ1n) is 7.14. The fourth-order valence-electron chi connectivity index (χ4n) is 1.85. The van der Waals surface area contributed by atoms with Gasteiger partial charge in [-0.25, -0.2) is 9.18 Å². The number of hydrogen-bond donors (Lipinski definition) is 1. The number of benzene rings is 2. The molecule has 0 aliphatic carbocycles. The van der Waals surface area contributed by atoms with Crippen molar-refractivity contribution in [2.24, 2.45) is 0 Å². The summed E-state index contributed by atoms with van der Waals surface area (Å²) < 4.78 is 23.8. The summed E-state index contributed by atoms with van der Waals surface area (Å²) in [6.45, 7) is 1.63. The van der Waals surface area contributed by atoms with Crippen molar-refractivity contribution >= 4 is 29.2 Å². The zero-order chi connectivity index (χ0) is 17.5. The normalized spacial score (nSPS) is 10.1. The molecule has 0 fully saturated rings. The summed E-state index contributed by atoms with van der Waals surface area (Å²) >= 11 is 5.64. The van der Waals surface area contributed by atoms with E-state index in [1.165, 1.54) is 18.2 Å². The first kappa shape index (κ1) is 17.7. The highest BCUT2D eigenvalue weighted by Crippen LogP contribution is 2.19. The Morgan fingerprint density at radius 2 is 2.00 bits per heavy atom. The molecule has 0 saturated carbocycles. The molecule has 0 aromatic heterocycles. The van der Waals surface area contributed by atoms with E-state index in [4.69, 9.17) is 21.1 Å². The summed E-state index contributed by atoms with van der Waals surface area (Å²) in [7, 11) is 0. The van der Waals surface area contributed by atoms with Crippen molar-refractivity contribution in [3.8, 4) is 5.75 Å². The molecule has 126 valence electrons. The van der Waals surface area contributed by atoms with E-state index in [0.717, 1.165) is 6.07 Å². The van der Waals surface area contributed by atoms with Gasteiger partial charge in [0.15, 0.2) is 6.61 Å². The maximum Gasteiger partial charge on any atom is 0.338 e. The van der Waals surface area contributed by atoms with E-state index >= 15 is 0 Å². The SMILES string of the molecule is CCOC(=O)c1cccc(OCC(=O)Nc2ccc(Cl)cc2F)c1. The number of nitrogens with one attached hydrogen (secondary N) is 1. The van der Waals surface area contributed by atoms with Crippen LogP contribution in [0.2, 0.25) is 5.02 Å². The van der Waals surface area contributed by atoms with Crippen molar-refractivity contribution in [3.63, 3.8) is 0 Å². The van der Waals surface area contributed by atoms with Crippen molar-refractivity contribution in [2.45, 2.75) is 6.92 Å². The topological polar surface area (TPSA) is 64.6 Å². The van der Waals surface area contributed by atoms with E-state index in [1.54, 1.807) is 25.1 Å². The number of carbonyl (C=O) groups excluding carboxylic acids is 2. The number of anilines is 1. The molecule has 0 aliphatic heterocycles. The van der Waals surface area contributed by atoms with Crippen LogP contribution in [0.4, 0.5) is 10.1 Å². The Kier molecular flexibility index (Phi) is 6.14. The third-order valence-corrected chi connectivity index (χ3v) is 3.16. The quantitative estimate of drug-likeness (QED) is 0.806. The van der Waals surface area contributed by atoms with Gasteiger partial charge in [0.1, 0.15) is 11.6 Å². The predicted octanol–water partition coefficient (Wildman–Crippen LogP) is 3.67. The molecule has 0 bridgehead atoms. The molecule has 7 heteroatoms. The Morgan fingerprint density at radius 3 is 2.71 bits per heavy atom. The van der Waals surface area contributed by atoms with Crippen LogP contribution in [0, 0.1) is 5.82 Å². The molecule has 2 rings (SSSR count). The molecule has 2 aromatic carbocycles. The van der Waals surface area contributed by atoms with Crippen LogP contribution in [0.25, 0.3) is 0 Å². The minimum Gasteiger partial charge on any atom is -0.484 e. The molecule has 0 saturated heterocycles. The molecule has 1 amide bonds. The Hall–Kier alpha value is -2.60. The number of hydrogen-bond acceptors (Lipinski definition) is 4. The van der Waals surface area contributed by atoms with Crippen molar-refractivity contribution in [1.29, 1.82) is 0 Å². The van der Waals surface area contributed by atoms with Gasteiger partial charge >= 0.3 is 5.97 Å². The fraction of sp³-hybridized carbons (Fsp3) is 0.176. The second-order valence-corrected chi connectivity index (χ2v) is 5.15. The van der Waals surface area contributed by atoms with Crippen molar-refractivity contribution in [2.75, 3.05) is 18.5 Å². The standard InChI is InChI=1S/C17H15ClFNO4/c1-2-23-17(22)11-4-3-5-13(8-11)24-10-16(21)20-15-7-6-12(18)9-14(15)19/h3-9H,2,10H2,1H3,(H,20,21). The summed E-state index contributed by atoms with van der Waals surface area (Å²) in [6, 6.07) is 10.2. The molecule has 0 heterocycles. The predicted molar refractivity (Wildman–Crippen MR) is 87.9 cm³/mol. The van der Waals surface area contributed by atoms with Gasteiger partial charge in [0.2, 0.25) is 0 Å². The third-order valence-electron chi connectivity index (χ3n) is 2.92. The van der Waals surface area contributed by atoms with E-state index in [2.05, 4.69) is 5.32 Å². The lowest BCUT2D eigenvalue weighted by Crippen LogP contribution is -2.20. The minimum atomic E-state index is -0.639. The van der Waals surface area contributed by atoms with Gasteiger partial charge < -0.3 is 14.8 Å². The highest BCUT2D eigenvalue weighted by atomic mass is 35.5. The molecular weight excluding hydrogens is 337 g/mol. The van der Waals surface area contributed by atoms with Crippen molar-refractivity contribution in [1.82, 2.24) is 0 Å². The lowest BCUT2D eigenvalue weighted by molar-refractivity contribution is -0.118. The van der Waals surface area contributed by atoms with Crippen LogP contribution < -0.4 is 10.1 Å². The number of rotatable bonds is 6. The molecule has 0 aliphatic rings. The molecule has 2 aromatic rings. The monoisotopic (exact) mass is 351 g/mol. The fourth-order valence-corrected chi connectivity index (χ4v) is 2.01. The highest BCUT2D eigenvalue weighted by molar-refractivity contribution is 6.30. The Bertz CT molecular complexity index is 751. The summed E-state index contributed by atoms with van der Waals surface area (Å²) in [5.74, 6) is -1.33. The Labute approximate surface area is 143 Å². The molecule has 0 atom stereocenters. The highest BCUT2D eigenvalue weighted by Gasteiger charge is 2.10. The Morgan fingerprint density at radius 1 is 1.21 bits per heavy atom. The summed E-state index contributed by atoms with van der Waals surface area (Å²) in [5.41, 5.74) is 0.326. The minimum absolute atomic E-state index is 0.00766. The maximum atomic E-state index is 13.6. The van der Waals surface area contributed by atoms with Gasteiger partial charge in [0.05, 0.1) is 17.9 Å². The molecule has 1 N–H and O–H groups in total. The number of amides is 1. The first-order chi connectivity index (χ1) is 11.5. The van der Waals surface area contributed by atoms with Crippen LogP contribution in [-0.4, -0.2) is 25.1 Å². The van der Waals surface area contributed by atoms with E-state index in [1.807, 2.05) is 0 Å². The number of halogens is 2. The van der Waals surface area contributed by atoms with Crippen LogP contribution in [-0.2, 0) is 9.53 Å². The number of ether oxygens (including phenoxy) is 2. The van der Waals surface area contributed by atoms with Gasteiger partial charge in [-0.2, -0.15) is 0 Å². The lowest BCUT2D eigenvalue weighted by atomic mass is 10.2. The molecular formula is C17H15ClFNO4. The average Bonchev–Trinajstić information content (AvgIpc) is 2.56. The summed E-state index contributed by atoms with van der Waals surface area (Å²) in [4.78, 5) is 23.4. The van der Waals surface area contributed by atoms with Gasteiger partial charge in [-0.05, 0) is 43.3 Å². The second-order valence-electron chi connectivity index (χ2n) is 4.71. The first-order valence-corrected chi connectivity index (χ1v) is 7.52. The van der Waals surface area contributed by atoms with E-state index in [0.29, 0.717) is 11.3 Å². The molecule has 0 spiro atoms. The van der Waals surface area contributed by atoms with Crippen LogP contribution in [0.1, 0.15) is 17.3 Å². The van der Waals surface area contributed by atoms with Gasteiger partial charge in [0, 0.05) is 5.02 Å². The van der Waals surface area contributed by atoms with Crippen molar-refractivity contribution < 1.29 is 23.5 Å². The van der Waals surface area contributed by atoms with Crippen molar-refractivity contribution in [3.05, 3.63) is 58.9 Å². The van der Waals surface area contributed by atoms with E-state index < -0.39 is 17.7 Å². The molecule has 0 radical (unpaired) electrons. The lowest BCUT2D eigenvalue weighted by Gasteiger charge is -2.09. The number of esters is 1. The summed E-state index contributed by atoms with van der Waals surface area (Å²) in [5, 5.41) is 2.61. The van der Waals surface area contributed by atoms with Crippen LogP contribution in [0.3, 0.4) is 0 Å². The van der Waals surface area contributed by atoms with Gasteiger partial charge in [-0.3, -0.25) is 4.79 Å². The van der Waals surface area contributed by atoms with E-state index in [9.17, 15) is 14.0 Å². The smallest absolute Gasteiger partial charge is 0.338 e. The second kappa shape index (κ2) is 8.31. The van der Waals surface area contributed by atoms with Crippen LogP contribution in [0.5, 0.6) is 5.75 Å². The molecule has 24 heavy (non-hydrogen) atoms.